The molecule has 0 bridgehead atoms. The number of anilines is 3. The van der Waals surface area contributed by atoms with Crippen LogP contribution in [0.25, 0.3) is 33.4 Å². The van der Waals surface area contributed by atoms with E-state index in [1.807, 2.05) is 0 Å². The third-order valence-electron chi connectivity index (χ3n) is 11.4. The Labute approximate surface area is 318 Å². The summed E-state index contributed by atoms with van der Waals surface area (Å²) in [5.41, 5.74) is 16.7. The fourth-order valence-corrected chi connectivity index (χ4v) is 8.82. The molecule has 3 heteroatoms. The third-order valence-corrected chi connectivity index (χ3v) is 11.4. The second-order valence-electron chi connectivity index (χ2n) is 14.9. The van der Waals surface area contributed by atoms with E-state index in [2.05, 4.69) is 213 Å². The van der Waals surface area contributed by atoms with Crippen LogP contribution in [0.1, 0.15) is 25.0 Å². The van der Waals surface area contributed by atoms with Crippen molar-refractivity contribution in [3.8, 4) is 44.9 Å². The first kappa shape index (κ1) is 32.1. The molecule has 0 radical (unpaired) electrons. The Morgan fingerprint density at radius 2 is 0.907 bits per heavy atom. The molecule has 0 aromatic heterocycles. The van der Waals surface area contributed by atoms with Crippen LogP contribution in [0.3, 0.4) is 0 Å². The number of ether oxygens (including phenoxy) is 1. The maximum Gasteiger partial charge on any atom is 0.252 e. The normalized spacial score (nSPS) is 13.6. The van der Waals surface area contributed by atoms with Crippen molar-refractivity contribution < 1.29 is 4.74 Å². The number of benzene rings is 8. The van der Waals surface area contributed by atoms with Gasteiger partial charge in [-0.05, 0) is 91.8 Å². The summed E-state index contributed by atoms with van der Waals surface area (Å²) in [6, 6.07) is 70.3. The number of fused-ring (bicyclic) bond motifs is 4. The second kappa shape index (κ2) is 12.8. The lowest BCUT2D eigenvalue weighted by molar-refractivity contribution is 0.487. The maximum absolute atomic E-state index is 6.94. The molecule has 0 saturated carbocycles. The average molecular weight is 692 g/mol. The molecular formula is C51H38BNO. The fourth-order valence-electron chi connectivity index (χ4n) is 8.82. The first-order chi connectivity index (χ1) is 26.6. The van der Waals surface area contributed by atoms with Gasteiger partial charge in [-0.25, -0.2) is 0 Å². The van der Waals surface area contributed by atoms with E-state index in [1.54, 1.807) is 0 Å². The molecule has 8 aromatic carbocycles. The van der Waals surface area contributed by atoms with Crippen LogP contribution in [-0.4, -0.2) is 6.71 Å². The van der Waals surface area contributed by atoms with Gasteiger partial charge in [-0.1, -0.05) is 171 Å². The van der Waals surface area contributed by atoms with Gasteiger partial charge >= 0.3 is 0 Å². The van der Waals surface area contributed by atoms with Gasteiger partial charge in [-0.15, -0.1) is 0 Å². The molecular weight excluding hydrogens is 653 g/mol. The van der Waals surface area contributed by atoms with Gasteiger partial charge in [0.1, 0.15) is 11.5 Å². The Morgan fingerprint density at radius 1 is 0.426 bits per heavy atom. The highest BCUT2D eigenvalue weighted by molar-refractivity contribution is 6.98. The molecule has 10 rings (SSSR count). The van der Waals surface area contributed by atoms with Crippen LogP contribution in [0.15, 0.2) is 194 Å². The smallest absolute Gasteiger partial charge is 0.252 e. The van der Waals surface area contributed by atoms with E-state index in [0.29, 0.717) is 0 Å². The van der Waals surface area contributed by atoms with E-state index in [0.717, 1.165) is 28.1 Å². The summed E-state index contributed by atoms with van der Waals surface area (Å²) in [5.74, 6) is 1.76. The average Bonchev–Trinajstić information content (AvgIpc) is 3.23. The van der Waals surface area contributed by atoms with Crippen LogP contribution in [0, 0.1) is 0 Å². The summed E-state index contributed by atoms with van der Waals surface area (Å²) in [4.78, 5) is 2.41. The van der Waals surface area contributed by atoms with Crippen molar-refractivity contribution in [1.29, 1.82) is 0 Å². The minimum Gasteiger partial charge on any atom is -0.458 e. The van der Waals surface area contributed by atoms with Gasteiger partial charge in [-0.2, -0.15) is 0 Å². The Morgan fingerprint density at radius 3 is 1.50 bits per heavy atom. The Bertz CT molecular complexity index is 2560. The van der Waals surface area contributed by atoms with Crippen LogP contribution in [0.2, 0.25) is 0 Å². The zero-order chi connectivity index (χ0) is 36.2. The van der Waals surface area contributed by atoms with E-state index in [1.165, 1.54) is 61.3 Å². The zero-order valence-electron chi connectivity index (χ0n) is 30.4. The molecule has 256 valence electrons. The van der Waals surface area contributed by atoms with Crippen molar-refractivity contribution in [1.82, 2.24) is 0 Å². The molecule has 2 heterocycles. The monoisotopic (exact) mass is 691 g/mol. The number of nitrogens with zero attached hydrogens (tertiary/aromatic N) is 1. The lowest BCUT2D eigenvalue weighted by atomic mass is 9.34. The van der Waals surface area contributed by atoms with Crippen molar-refractivity contribution in [2.75, 3.05) is 4.90 Å². The van der Waals surface area contributed by atoms with E-state index in [-0.39, 0.29) is 12.1 Å². The first-order valence-electron chi connectivity index (χ1n) is 18.8. The summed E-state index contributed by atoms with van der Waals surface area (Å²) >= 11 is 0. The van der Waals surface area contributed by atoms with Gasteiger partial charge in [0.25, 0.3) is 6.71 Å². The Kier molecular flexibility index (Phi) is 7.62. The molecule has 0 atom stereocenters. The lowest BCUT2D eigenvalue weighted by Crippen LogP contribution is -2.56. The summed E-state index contributed by atoms with van der Waals surface area (Å²) in [6.45, 7) is 4.57. The van der Waals surface area contributed by atoms with Crippen LogP contribution >= 0.6 is 0 Å². The molecule has 2 aliphatic rings. The molecule has 0 saturated heterocycles. The molecule has 8 aromatic rings. The van der Waals surface area contributed by atoms with Crippen LogP contribution < -0.4 is 26.0 Å². The molecule has 0 unspecified atom stereocenters. The molecule has 2 aliphatic heterocycles. The van der Waals surface area contributed by atoms with Crippen molar-refractivity contribution >= 4 is 40.2 Å². The number of hydrogen-bond acceptors (Lipinski definition) is 2. The molecule has 0 fully saturated rings. The Balaban J connectivity index is 1.23. The first-order valence-corrected chi connectivity index (χ1v) is 18.8. The topological polar surface area (TPSA) is 12.5 Å². The molecule has 0 spiro atoms. The predicted molar refractivity (Wildman–Crippen MR) is 227 cm³/mol. The summed E-state index contributed by atoms with van der Waals surface area (Å²) in [5, 5.41) is 0. The van der Waals surface area contributed by atoms with Gasteiger partial charge in [-0.3, -0.25) is 0 Å². The molecule has 0 amide bonds. The van der Waals surface area contributed by atoms with Crippen molar-refractivity contribution in [3.63, 3.8) is 0 Å². The number of rotatable bonds is 5. The largest absolute Gasteiger partial charge is 0.458 e. The quantitative estimate of drug-likeness (QED) is 0.167. The van der Waals surface area contributed by atoms with Gasteiger partial charge in [0.2, 0.25) is 0 Å². The highest BCUT2D eigenvalue weighted by atomic mass is 16.5. The fraction of sp³-hybridized carbons (Fsp3) is 0.0588. The number of para-hydroxylation sites is 3. The molecule has 54 heavy (non-hydrogen) atoms. The van der Waals surface area contributed by atoms with Crippen LogP contribution in [-0.2, 0) is 5.41 Å². The summed E-state index contributed by atoms with van der Waals surface area (Å²) < 4.78 is 6.94. The SMILES string of the molecule is CC1(C)c2ccccc2N(c2ccc3c(c2)Oc2ccccc2B3c2c(-c3ccccc3)cc(-c3ccccc3)cc2-c2ccccc2)c2ccccc21. The maximum atomic E-state index is 6.94. The van der Waals surface area contributed by atoms with Crippen molar-refractivity contribution in [2.45, 2.75) is 19.3 Å². The highest BCUT2D eigenvalue weighted by Gasteiger charge is 2.39. The predicted octanol–water partition coefficient (Wildman–Crippen LogP) is 11.4. The van der Waals surface area contributed by atoms with Gasteiger partial charge in [0, 0.05) is 17.2 Å². The highest BCUT2D eigenvalue weighted by Crippen LogP contribution is 2.52. The Hall–Kier alpha value is -6.58. The lowest BCUT2D eigenvalue weighted by Gasteiger charge is -2.42. The minimum atomic E-state index is -0.133. The van der Waals surface area contributed by atoms with Gasteiger partial charge in [0.15, 0.2) is 0 Å². The van der Waals surface area contributed by atoms with Crippen molar-refractivity contribution in [2.24, 2.45) is 0 Å². The standard InChI is InChI=1S/C51H38BNO/c1-51(2)42-24-12-15-27-46(42)53(47-28-16-13-25-43(47)51)39-30-31-45-49(34-39)54-48-29-17-14-26-44(48)52(45)50-40(36-20-8-4-9-21-36)32-38(35-18-6-3-7-19-35)33-41(50)37-22-10-5-11-23-37/h3-34H,1-2H3. The summed E-state index contributed by atoms with van der Waals surface area (Å²) in [7, 11) is 0. The van der Waals surface area contributed by atoms with Gasteiger partial charge < -0.3 is 9.64 Å². The number of hydrogen-bond donors (Lipinski definition) is 0. The zero-order valence-corrected chi connectivity index (χ0v) is 30.4. The minimum absolute atomic E-state index is 0.0888. The second-order valence-corrected chi connectivity index (χ2v) is 14.9. The molecule has 0 N–H and O–H groups in total. The van der Waals surface area contributed by atoms with E-state index in [9.17, 15) is 0 Å². The van der Waals surface area contributed by atoms with E-state index < -0.39 is 0 Å². The molecule has 0 aliphatic carbocycles. The third kappa shape index (κ3) is 5.19. The van der Waals surface area contributed by atoms with E-state index in [4.69, 9.17) is 4.74 Å². The summed E-state index contributed by atoms with van der Waals surface area (Å²) in [6.07, 6.45) is 0. The van der Waals surface area contributed by atoms with E-state index >= 15 is 0 Å². The molecule has 2 nitrogen and oxygen atoms in total. The van der Waals surface area contributed by atoms with Gasteiger partial charge in [0.05, 0.1) is 11.4 Å². The van der Waals surface area contributed by atoms with Crippen LogP contribution in [0.4, 0.5) is 17.1 Å². The van der Waals surface area contributed by atoms with Crippen LogP contribution in [0.5, 0.6) is 11.5 Å². The van der Waals surface area contributed by atoms with Crippen molar-refractivity contribution in [3.05, 3.63) is 205 Å².